The third-order valence-corrected chi connectivity index (χ3v) is 6.64. The number of aryl methyl sites for hydroxylation is 1. The fraction of sp³-hybridized carbons (Fsp3) is 0.737. The first-order valence-corrected chi connectivity index (χ1v) is 9.79. The lowest BCUT2D eigenvalue weighted by Gasteiger charge is -2.49. The van der Waals surface area contributed by atoms with Gasteiger partial charge in [-0.2, -0.15) is 5.10 Å². The number of aromatic nitrogens is 2. The molecule has 0 N–H and O–H groups in total. The summed E-state index contributed by atoms with van der Waals surface area (Å²) in [6.45, 7) is 3.98. The molecule has 0 bridgehead atoms. The van der Waals surface area contributed by atoms with E-state index in [1.807, 2.05) is 21.5 Å². The van der Waals surface area contributed by atoms with Crippen molar-refractivity contribution >= 4 is 11.8 Å². The molecule has 1 spiro atoms. The Balaban J connectivity index is 1.55. The number of likely N-dealkylation sites (N-methyl/N-ethyl adjacent to an activating group) is 1. The summed E-state index contributed by atoms with van der Waals surface area (Å²) in [5, 5.41) is 4.43. The Hall–Kier alpha value is -1.89. The minimum atomic E-state index is -0.0957. The highest BCUT2D eigenvalue weighted by Crippen LogP contribution is 2.32. The molecule has 26 heavy (non-hydrogen) atoms. The predicted molar refractivity (Wildman–Crippen MR) is 97.9 cm³/mol. The van der Waals surface area contributed by atoms with Crippen molar-refractivity contribution < 1.29 is 9.59 Å². The normalized spacial score (nSPS) is 27.5. The minimum absolute atomic E-state index is 0.0957. The number of hydrogen-bond donors (Lipinski definition) is 0. The monoisotopic (exact) mass is 359 g/mol. The van der Waals surface area contributed by atoms with Gasteiger partial charge in [0.05, 0.1) is 17.5 Å². The van der Waals surface area contributed by atoms with E-state index in [-0.39, 0.29) is 17.4 Å². The van der Waals surface area contributed by atoms with Crippen LogP contribution in [0.15, 0.2) is 6.20 Å². The minimum Gasteiger partial charge on any atom is -0.346 e. The molecule has 1 atom stereocenters. The van der Waals surface area contributed by atoms with Crippen molar-refractivity contribution in [2.75, 3.05) is 40.3 Å². The number of nitrogens with zero attached hydrogens (tertiary/aromatic N) is 5. The third kappa shape index (κ3) is 2.92. The van der Waals surface area contributed by atoms with E-state index in [0.717, 1.165) is 69.5 Å². The van der Waals surface area contributed by atoms with Gasteiger partial charge < -0.3 is 9.80 Å². The van der Waals surface area contributed by atoms with Gasteiger partial charge in [-0.15, -0.1) is 0 Å². The summed E-state index contributed by atoms with van der Waals surface area (Å²) in [5.41, 5.74) is 1.79. The van der Waals surface area contributed by atoms with Gasteiger partial charge in [0.2, 0.25) is 5.91 Å². The summed E-state index contributed by atoms with van der Waals surface area (Å²) in [5.74, 6) is 0.328. The van der Waals surface area contributed by atoms with E-state index in [1.54, 1.807) is 6.20 Å². The maximum atomic E-state index is 13.3. The van der Waals surface area contributed by atoms with Gasteiger partial charge in [0, 0.05) is 51.7 Å². The highest BCUT2D eigenvalue weighted by atomic mass is 16.2. The molecule has 7 nitrogen and oxygen atoms in total. The zero-order valence-electron chi connectivity index (χ0n) is 15.9. The van der Waals surface area contributed by atoms with Gasteiger partial charge in [-0.25, -0.2) is 0 Å². The van der Waals surface area contributed by atoms with Gasteiger partial charge in [-0.05, 0) is 39.2 Å². The van der Waals surface area contributed by atoms with E-state index >= 15 is 0 Å². The van der Waals surface area contributed by atoms with E-state index < -0.39 is 0 Å². The molecule has 1 aromatic heterocycles. The third-order valence-electron chi connectivity index (χ3n) is 6.64. The molecule has 0 aliphatic carbocycles. The number of hydrogen-bond acceptors (Lipinski definition) is 4. The van der Waals surface area contributed by atoms with Crippen molar-refractivity contribution in [2.24, 2.45) is 0 Å². The van der Waals surface area contributed by atoms with Crippen LogP contribution >= 0.6 is 0 Å². The zero-order chi connectivity index (χ0) is 18.3. The van der Waals surface area contributed by atoms with Crippen molar-refractivity contribution in [3.8, 4) is 0 Å². The predicted octanol–water partition coefficient (Wildman–Crippen LogP) is 0.988. The SMILES string of the molecule is CN1CC[C@@]2(CCC1=O)CN(C(=O)c1cnn3c1CCCC3)CCN2C. The average Bonchev–Trinajstić information content (AvgIpc) is 3.03. The molecule has 142 valence electrons. The molecule has 0 saturated carbocycles. The van der Waals surface area contributed by atoms with Crippen LogP contribution in [0.5, 0.6) is 0 Å². The van der Waals surface area contributed by atoms with Crippen LogP contribution in [0.4, 0.5) is 0 Å². The van der Waals surface area contributed by atoms with Crippen LogP contribution in [0.3, 0.4) is 0 Å². The van der Waals surface area contributed by atoms with Gasteiger partial charge in [0.15, 0.2) is 0 Å². The topological polar surface area (TPSA) is 61.7 Å². The van der Waals surface area contributed by atoms with E-state index in [9.17, 15) is 9.59 Å². The second-order valence-corrected chi connectivity index (χ2v) is 8.12. The van der Waals surface area contributed by atoms with Gasteiger partial charge in [0.25, 0.3) is 5.91 Å². The quantitative estimate of drug-likeness (QED) is 0.750. The lowest BCUT2D eigenvalue weighted by Crippen LogP contribution is -2.62. The molecule has 4 rings (SSSR count). The highest BCUT2D eigenvalue weighted by molar-refractivity contribution is 5.95. The molecule has 2 amide bonds. The second kappa shape index (κ2) is 6.68. The molecule has 2 saturated heterocycles. The molecular weight excluding hydrogens is 330 g/mol. The molecule has 0 unspecified atom stereocenters. The summed E-state index contributed by atoms with van der Waals surface area (Å²) < 4.78 is 2.00. The van der Waals surface area contributed by atoms with E-state index in [0.29, 0.717) is 13.0 Å². The lowest BCUT2D eigenvalue weighted by atomic mass is 9.86. The average molecular weight is 359 g/mol. The van der Waals surface area contributed by atoms with Crippen molar-refractivity contribution in [2.45, 2.75) is 50.6 Å². The first kappa shape index (κ1) is 17.5. The molecule has 4 heterocycles. The summed E-state index contributed by atoms with van der Waals surface area (Å²) in [4.78, 5) is 31.6. The zero-order valence-corrected chi connectivity index (χ0v) is 15.9. The molecule has 1 aromatic rings. The fourth-order valence-corrected chi connectivity index (χ4v) is 4.70. The number of rotatable bonds is 1. The number of likely N-dealkylation sites (tertiary alicyclic amines) is 1. The van der Waals surface area contributed by atoms with Crippen LogP contribution in [0, 0.1) is 0 Å². The summed E-state index contributed by atoms with van der Waals surface area (Å²) in [7, 11) is 4.02. The number of piperazine rings is 1. The fourth-order valence-electron chi connectivity index (χ4n) is 4.70. The second-order valence-electron chi connectivity index (χ2n) is 8.12. The van der Waals surface area contributed by atoms with Gasteiger partial charge in [0.1, 0.15) is 0 Å². The molecule has 0 aromatic carbocycles. The Morgan fingerprint density at radius 1 is 1.08 bits per heavy atom. The Morgan fingerprint density at radius 3 is 2.77 bits per heavy atom. The smallest absolute Gasteiger partial charge is 0.257 e. The lowest BCUT2D eigenvalue weighted by molar-refractivity contribution is -0.129. The number of fused-ring (bicyclic) bond motifs is 1. The van der Waals surface area contributed by atoms with Crippen LogP contribution in [0.25, 0.3) is 0 Å². The van der Waals surface area contributed by atoms with Gasteiger partial charge in [-0.3, -0.25) is 19.2 Å². The van der Waals surface area contributed by atoms with E-state index in [2.05, 4.69) is 17.0 Å². The Labute approximate surface area is 154 Å². The molecule has 2 fully saturated rings. The maximum Gasteiger partial charge on any atom is 0.257 e. The van der Waals surface area contributed by atoms with Gasteiger partial charge in [-0.1, -0.05) is 0 Å². The van der Waals surface area contributed by atoms with Gasteiger partial charge >= 0.3 is 0 Å². The van der Waals surface area contributed by atoms with E-state index in [1.165, 1.54) is 0 Å². The van der Waals surface area contributed by atoms with Crippen LogP contribution < -0.4 is 0 Å². The number of carbonyl (C=O) groups is 2. The summed E-state index contributed by atoms with van der Waals surface area (Å²) in [6.07, 6.45) is 7.28. The first-order chi connectivity index (χ1) is 12.5. The van der Waals surface area contributed by atoms with Crippen molar-refractivity contribution in [3.05, 3.63) is 17.5 Å². The highest BCUT2D eigenvalue weighted by Gasteiger charge is 2.43. The van der Waals surface area contributed by atoms with Crippen LogP contribution in [-0.2, 0) is 17.8 Å². The molecule has 3 aliphatic heterocycles. The standard InChI is InChI=1S/C19H29N5O2/c1-21-10-8-19(7-6-17(21)25)14-23(12-11-22(19)2)18(26)15-13-20-24-9-4-3-5-16(15)24/h13H,3-12,14H2,1-2H3/t19-/m0/s1. The molecule has 7 heteroatoms. The largest absolute Gasteiger partial charge is 0.346 e. The summed E-state index contributed by atoms with van der Waals surface area (Å²) >= 11 is 0. The Kier molecular flexibility index (Phi) is 4.50. The Morgan fingerprint density at radius 2 is 1.92 bits per heavy atom. The molecule has 3 aliphatic rings. The van der Waals surface area contributed by atoms with Crippen molar-refractivity contribution in [3.63, 3.8) is 0 Å². The van der Waals surface area contributed by atoms with Crippen LogP contribution in [0.1, 0.15) is 48.2 Å². The van der Waals surface area contributed by atoms with Crippen molar-refractivity contribution in [1.82, 2.24) is 24.5 Å². The van der Waals surface area contributed by atoms with Crippen molar-refractivity contribution in [1.29, 1.82) is 0 Å². The van der Waals surface area contributed by atoms with E-state index in [4.69, 9.17) is 0 Å². The van der Waals surface area contributed by atoms with Crippen LogP contribution in [0.2, 0.25) is 0 Å². The number of carbonyl (C=O) groups excluding carboxylic acids is 2. The summed E-state index contributed by atoms with van der Waals surface area (Å²) in [6, 6.07) is 0. The molecule has 0 radical (unpaired) electrons. The van der Waals surface area contributed by atoms with Crippen LogP contribution in [-0.4, -0.2) is 82.1 Å². The Bertz CT molecular complexity index is 715. The first-order valence-electron chi connectivity index (χ1n) is 9.79. The number of amides is 2. The maximum absolute atomic E-state index is 13.3. The molecular formula is C19H29N5O2.